The molecule has 3 rings (SSSR count). The van der Waals surface area contributed by atoms with E-state index in [9.17, 15) is 12.8 Å². The molecule has 2 aromatic carbocycles. The Bertz CT molecular complexity index is 790. The third kappa shape index (κ3) is 2.64. The van der Waals surface area contributed by atoms with Crippen LogP contribution in [0.25, 0.3) is 0 Å². The van der Waals surface area contributed by atoms with Crippen molar-refractivity contribution < 1.29 is 12.8 Å². The lowest BCUT2D eigenvalue weighted by molar-refractivity contribution is 0.538. The molecule has 3 N–H and O–H groups in total. The fourth-order valence-electron chi connectivity index (χ4n) is 2.67. The van der Waals surface area contributed by atoms with Crippen molar-refractivity contribution in [1.82, 2.24) is 4.72 Å². The van der Waals surface area contributed by atoms with Crippen molar-refractivity contribution in [1.29, 1.82) is 0 Å². The number of benzene rings is 2. The number of hydrogen-bond acceptors (Lipinski definition) is 3. The molecule has 6 heteroatoms. The van der Waals surface area contributed by atoms with Gasteiger partial charge in [-0.2, -0.15) is 0 Å². The molecule has 1 unspecified atom stereocenters. The molecule has 21 heavy (non-hydrogen) atoms. The molecule has 0 saturated carbocycles. The van der Waals surface area contributed by atoms with Crippen molar-refractivity contribution in [2.24, 2.45) is 0 Å². The van der Waals surface area contributed by atoms with Crippen LogP contribution in [0.2, 0.25) is 0 Å². The van der Waals surface area contributed by atoms with Crippen molar-refractivity contribution >= 4 is 15.7 Å². The predicted octanol–water partition coefficient (Wildman–Crippen LogP) is 2.37. The summed E-state index contributed by atoms with van der Waals surface area (Å²) in [6.07, 6.45) is 1.40. The van der Waals surface area contributed by atoms with Gasteiger partial charge in [0, 0.05) is 11.7 Å². The molecule has 0 saturated heterocycles. The summed E-state index contributed by atoms with van der Waals surface area (Å²) >= 11 is 0. The number of rotatable bonds is 3. The molecule has 2 aromatic rings. The number of halogens is 1. The van der Waals surface area contributed by atoms with Crippen LogP contribution in [0.4, 0.5) is 10.1 Å². The number of aryl methyl sites for hydroxylation is 1. The minimum Gasteiger partial charge on any atom is -0.399 e. The van der Waals surface area contributed by atoms with Crippen LogP contribution in [0.15, 0.2) is 47.4 Å². The quantitative estimate of drug-likeness (QED) is 0.855. The van der Waals surface area contributed by atoms with E-state index >= 15 is 0 Å². The highest BCUT2D eigenvalue weighted by Crippen LogP contribution is 2.33. The van der Waals surface area contributed by atoms with E-state index in [4.69, 9.17) is 5.73 Å². The van der Waals surface area contributed by atoms with Gasteiger partial charge in [-0.3, -0.25) is 0 Å². The SMILES string of the molecule is Nc1ccc2c(c1)CCC2NS(=O)(=O)c1ccccc1F. The van der Waals surface area contributed by atoms with Crippen LogP contribution in [0.5, 0.6) is 0 Å². The van der Waals surface area contributed by atoms with Gasteiger partial charge in [0.05, 0.1) is 0 Å². The van der Waals surface area contributed by atoms with Gasteiger partial charge in [0.2, 0.25) is 10.0 Å². The van der Waals surface area contributed by atoms with Gasteiger partial charge in [0.1, 0.15) is 10.7 Å². The van der Waals surface area contributed by atoms with Gasteiger partial charge >= 0.3 is 0 Å². The highest BCUT2D eigenvalue weighted by atomic mass is 32.2. The van der Waals surface area contributed by atoms with Crippen LogP contribution in [0.3, 0.4) is 0 Å². The van der Waals surface area contributed by atoms with Gasteiger partial charge in [0.25, 0.3) is 0 Å². The Morgan fingerprint density at radius 1 is 1.19 bits per heavy atom. The minimum absolute atomic E-state index is 0.325. The molecule has 0 heterocycles. The summed E-state index contributed by atoms with van der Waals surface area (Å²) in [6, 6.07) is 10.4. The molecule has 0 amide bonds. The first-order valence-electron chi connectivity index (χ1n) is 6.62. The zero-order valence-electron chi connectivity index (χ0n) is 11.2. The van der Waals surface area contributed by atoms with E-state index in [1.807, 2.05) is 12.1 Å². The Hall–Kier alpha value is -1.92. The molecule has 4 nitrogen and oxygen atoms in total. The zero-order valence-corrected chi connectivity index (χ0v) is 12.0. The van der Waals surface area contributed by atoms with Crippen molar-refractivity contribution in [2.75, 3.05) is 5.73 Å². The molecule has 0 aromatic heterocycles. The molecule has 0 fully saturated rings. The monoisotopic (exact) mass is 306 g/mol. The summed E-state index contributed by atoms with van der Waals surface area (Å²) in [5, 5.41) is 0. The van der Waals surface area contributed by atoms with Crippen LogP contribution in [-0.4, -0.2) is 8.42 Å². The molecule has 1 aliphatic carbocycles. The number of fused-ring (bicyclic) bond motifs is 1. The molecule has 0 radical (unpaired) electrons. The second-order valence-corrected chi connectivity index (χ2v) is 6.78. The van der Waals surface area contributed by atoms with Crippen LogP contribution >= 0.6 is 0 Å². The molecule has 0 bridgehead atoms. The standard InChI is InChI=1S/C15H15FN2O2S/c16-13-3-1-2-4-15(13)21(19,20)18-14-8-5-10-9-11(17)6-7-12(10)14/h1-4,6-7,9,14,18H,5,8,17H2. The molecule has 1 atom stereocenters. The average Bonchev–Trinajstić information content (AvgIpc) is 2.80. The summed E-state index contributed by atoms with van der Waals surface area (Å²) in [7, 11) is -3.88. The maximum atomic E-state index is 13.7. The lowest BCUT2D eigenvalue weighted by atomic mass is 10.1. The maximum absolute atomic E-state index is 13.7. The zero-order chi connectivity index (χ0) is 15.0. The average molecular weight is 306 g/mol. The van der Waals surface area contributed by atoms with E-state index in [1.54, 1.807) is 6.07 Å². The lowest BCUT2D eigenvalue weighted by Crippen LogP contribution is -2.28. The largest absolute Gasteiger partial charge is 0.399 e. The third-order valence-corrected chi connectivity index (χ3v) is 5.17. The van der Waals surface area contributed by atoms with E-state index < -0.39 is 15.8 Å². The Kier molecular flexibility index (Phi) is 3.43. The third-order valence-electron chi connectivity index (χ3n) is 3.67. The van der Waals surface area contributed by atoms with Crippen molar-refractivity contribution in [3.8, 4) is 0 Å². The Labute approximate surface area is 122 Å². The summed E-state index contributed by atoms with van der Waals surface area (Å²) in [4.78, 5) is -0.325. The second kappa shape index (κ2) is 5.13. The van der Waals surface area contributed by atoms with Crippen LogP contribution < -0.4 is 10.5 Å². The normalized spacial score (nSPS) is 17.7. The van der Waals surface area contributed by atoms with Crippen LogP contribution in [-0.2, 0) is 16.4 Å². The van der Waals surface area contributed by atoms with Gasteiger partial charge in [-0.1, -0.05) is 18.2 Å². The number of sulfonamides is 1. The van der Waals surface area contributed by atoms with E-state index in [2.05, 4.69) is 4.72 Å². The predicted molar refractivity (Wildman–Crippen MR) is 78.6 cm³/mol. The number of hydrogen-bond donors (Lipinski definition) is 2. The molecular weight excluding hydrogens is 291 g/mol. The van der Waals surface area contributed by atoms with Gasteiger partial charge in [0.15, 0.2) is 0 Å². The van der Waals surface area contributed by atoms with E-state index in [-0.39, 0.29) is 10.9 Å². The van der Waals surface area contributed by atoms with E-state index in [0.717, 1.165) is 23.6 Å². The van der Waals surface area contributed by atoms with Gasteiger partial charge in [-0.15, -0.1) is 0 Å². The summed E-state index contributed by atoms with van der Waals surface area (Å²) < 4.78 is 40.9. The lowest BCUT2D eigenvalue weighted by Gasteiger charge is -2.15. The Morgan fingerprint density at radius 3 is 2.71 bits per heavy atom. The maximum Gasteiger partial charge on any atom is 0.244 e. The number of nitrogens with two attached hydrogens (primary N) is 1. The van der Waals surface area contributed by atoms with Gasteiger partial charge < -0.3 is 5.73 Å². The topological polar surface area (TPSA) is 72.2 Å². The summed E-state index contributed by atoms with van der Waals surface area (Å²) in [5.41, 5.74) is 8.33. The van der Waals surface area contributed by atoms with E-state index in [1.165, 1.54) is 18.2 Å². The smallest absolute Gasteiger partial charge is 0.244 e. The van der Waals surface area contributed by atoms with Gasteiger partial charge in [-0.25, -0.2) is 17.5 Å². The number of nitrogens with one attached hydrogen (secondary N) is 1. The van der Waals surface area contributed by atoms with Crippen molar-refractivity contribution in [3.63, 3.8) is 0 Å². The minimum atomic E-state index is -3.88. The highest BCUT2D eigenvalue weighted by molar-refractivity contribution is 7.89. The van der Waals surface area contributed by atoms with Gasteiger partial charge in [-0.05, 0) is 48.2 Å². The first-order chi connectivity index (χ1) is 9.97. The van der Waals surface area contributed by atoms with E-state index in [0.29, 0.717) is 12.1 Å². The fourth-order valence-corrected chi connectivity index (χ4v) is 4.00. The summed E-state index contributed by atoms with van der Waals surface area (Å²) in [6.45, 7) is 0. The Morgan fingerprint density at radius 2 is 1.95 bits per heavy atom. The van der Waals surface area contributed by atoms with Crippen LogP contribution in [0.1, 0.15) is 23.6 Å². The molecule has 1 aliphatic rings. The Balaban J connectivity index is 1.91. The highest BCUT2D eigenvalue weighted by Gasteiger charge is 2.28. The first-order valence-corrected chi connectivity index (χ1v) is 8.11. The molecule has 0 spiro atoms. The summed E-state index contributed by atoms with van der Waals surface area (Å²) in [5.74, 6) is -0.750. The second-order valence-electron chi connectivity index (χ2n) is 5.10. The molecule has 110 valence electrons. The van der Waals surface area contributed by atoms with Crippen molar-refractivity contribution in [2.45, 2.75) is 23.8 Å². The molecule has 0 aliphatic heterocycles. The number of nitrogen functional groups attached to an aromatic ring is 1. The number of anilines is 1. The fraction of sp³-hybridized carbons (Fsp3) is 0.200. The van der Waals surface area contributed by atoms with Crippen LogP contribution in [0, 0.1) is 5.82 Å². The first kappa shape index (κ1) is 14.0. The van der Waals surface area contributed by atoms with Crippen molar-refractivity contribution in [3.05, 3.63) is 59.4 Å². The molecular formula is C15H15FN2O2S.